The van der Waals surface area contributed by atoms with Gasteiger partial charge in [-0.2, -0.15) is 0 Å². The number of carbonyl (C=O) groups excluding carboxylic acids is 2. The van der Waals surface area contributed by atoms with E-state index in [1.807, 2.05) is 24.4 Å². The van der Waals surface area contributed by atoms with Gasteiger partial charge in [0.25, 0.3) is 5.91 Å². The fraction of sp³-hybridized carbons (Fsp3) is 0.522. The van der Waals surface area contributed by atoms with Crippen molar-refractivity contribution in [2.45, 2.75) is 40.5 Å². The van der Waals surface area contributed by atoms with Crippen LogP contribution in [0.1, 0.15) is 49.7 Å². The van der Waals surface area contributed by atoms with Crippen molar-refractivity contribution in [1.29, 1.82) is 0 Å². The number of amides is 2. The number of hydrogen-bond acceptors (Lipinski definition) is 6. The number of aromatic nitrogens is 1. The van der Waals surface area contributed by atoms with Crippen LogP contribution in [0.4, 0.5) is 5.13 Å². The second-order valence-corrected chi connectivity index (χ2v) is 8.18. The molecule has 0 saturated heterocycles. The molecule has 1 aromatic carbocycles. The third kappa shape index (κ3) is 8.30. The molecule has 0 bridgehead atoms. The van der Waals surface area contributed by atoms with E-state index in [1.165, 1.54) is 11.3 Å². The molecule has 2 aromatic rings. The number of likely N-dealkylation sites (N-methyl/N-ethyl adjacent to an activating group) is 1. The number of rotatable bonds is 13. The van der Waals surface area contributed by atoms with Crippen LogP contribution >= 0.6 is 11.3 Å². The van der Waals surface area contributed by atoms with Crippen LogP contribution in [0.15, 0.2) is 29.6 Å². The van der Waals surface area contributed by atoms with E-state index >= 15 is 0 Å². The van der Waals surface area contributed by atoms with Gasteiger partial charge < -0.3 is 19.9 Å². The van der Waals surface area contributed by atoms with Gasteiger partial charge in [-0.05, 0) is 50.7 Å². The highest BCUT2D eigenvalue weighted by Gasteiger charge is 2.20. The number of thiazole rings is 1. The maximum Gasteiger partial charge on any atom is 0.254 e. The van der Waals surface area contributed by atoms with E-state index in [9.17, 15) is 9.59 Å². The van der Waals surface area contributed by atoms with Crippen molar-refractivity contribution in [3.05, 3.63) is 40.9 Å². The summed E-state index contributed by atoms with van der Waals surface area (Å²) in [6.45, 7) is 11.8. The summed E-state index contributed by atoms with van der Waals surface area (Å²) in [5.41, 5.74) is 1.40. The Morgan fingerprint density at radius 3 is 2.39 bits per heavy atom. The molecule has 0 spiro atoms. The summed E-state index contributed by atoms with van der Waals surface area (Å²) in [4.78, 5) is 33.8. The third-order valence-electron chi connectivity index (χ3n) is 4.94. The number of carbonyl (C=O) groups is 2. The predicted molar refractivity (Wildman–Crippen MR) is 126 cm³/mol. The average Bonchev–Trinajstić information content (AvgIpc) is 3.18. The maximum absolute atomic E-state index is 13.2. The van der Waals surface area contributed by atoms with Crippen molar-refractivity contribution in [3.8, 4) is 5.75 Å². The van der Waals surface area contributed by atoms with Crippen LogP contribution in [0.3, 0.4) is 0 Å². The number of aryl methyl sites for hydroxylation is 1. The Morgan fingerprint density at radius 2 is 1.81 bits per heavy atom. The quantitative estimate of drug-likeness (QED) is 0.470. The molecule has 8 heteroatoms. The molecular weight excluding hydrogens is 412 g/mol. The first-order valence-corrected chi connectivity index (χ1v) is 11.8. The summed E-state index contributed by atoms with van der Waals surface area (Å²) in [7, 11) is 0. The van der Waals surface area contributed by atoms with Crippen molar-refractivity contribution in [1.82, 2.24) is 14.8 Å². The first-order chi connectivity index (χ1) is 15.0. The number of benzene rings is 1. The Kier molecular flexibility index (Phi) is 10.5. The minimum Gasteiger partial charge on any atom is -0.494 e. The zero-order valence-corrected chi connectivity index (χ0v) is 19.8. The number of nitrogens with zero attached hydrogens (tertiary/aromatic N) is 3. The van der Waals surface area contributed by atoms with E-state index in [0.717, 1.165) is 37.4 Å². The number of hydrogen-bond donors (Lipinski definition) is 1. The first-order valence-electron chi connectivity index (χ1n) is 10.9. The van der Waals surface area contributed by atoms with Crippen molar-refractivity contribution < 1.29 is 14.3 Å². The lowest BCUT2D eigenvalue weighted by atomic mass is 10.2. The van der Waals surface area contributed by atoms with Gasteiger partial charge in [0, 0.05) is 24.0 Å². The first kappa shape index (κ1) is 24.8. The van der Waals surface area contributed by atoms with Crippen LogP contribution in [-0.4, -0.2) is 65.9 Å². The zero-order chi connectivity index (χ0) is 22.6. The fourth-order valence-electron chi connectivity index (χ4n) is 3.01. The van der Waals surface area contributed by atoms with Crippen LogP contribution < -0.4 is 10.1 Å². The van der Waals surface area contributed by atoms with Crippen LogP contribution in [0.25, 0.3) is 0 Å². The van der Waals surface area contributed by atoms with Crippen molar-refractivity contribution in [2.75, 3.05) is 44.6 Å². The molecule has 0 aliphatic rings. The van der Waals surface area contributed by atoms with Gasteiger partial charge in [0.15, 0.2) is 5.13 Å². The van der Waals surface area contributed by atoms with Crippen LogP contribution in [-0.2, 0) is 4.79 Å². The molecule has 0 saturated carbocycles. The molecule has 0 aliphatic carbocycles. The summed E-state index contributed by atoms with van der Waals surface area (Å²) in [5.74, 6) is 0.330. The highest BCUT2D eigenvalue weighted by atomic mass is 32.1. The van der Waals surface area contributed by atoms with E-state index in [2.05, 4.69) is 36.0 Å². The summed E-state index contributed by atoms with van der Waals surface area (Å²) in [6.07, 6.45) is 2.06. The molecule has 7 nitrogen and oxygen atoms in total. The third-order valence-corrected chi connectivity index (χ3v) is 5.81. The van der Waals surface area contributed by atoms with Gasteiger partial charge in [0.1, 0.15) is 12.3 Å². The van der Waals surface area contributed by atoms with E-state index in [4.69, 9.17) is 4.74 Å². The molecule has 1 N–H and O–H groups in total. The predicted octanol–water partition coefficient (Wildman–Crippen LogP) is 4.05. The zero-order valence-electron chi connectivity index (χ0n) is 19.0. The topological polar surface area (TPSA) is 74.8 Å². The largest absolute Gasteiger partial charge is 0.494 e. The maximum atomic E-state index is 13.2. The van der Waals surface area contributed by atoms with E-state index in [0.29, 0.717) is 30.4 Å². The number of nitrogens with one attached hydrogen (secondary N) is 1. The molecule has 2 rings (SSSR count). The molecule has 170 valence electrons. The van der Waals surface area contributed by atoms with Gasteiger partial charge in [-0.25, -0.2) is 4.98 Å². The molecule has 0 unspecified atom stereocenters. The van der Waals surface area contributed by atoms with E-state index in [1.54, 1.807) is 17.0 Å². The minimum atomic E-state index is -0.248. The number of unbranched alkanes of at least 4 members (excludes halogenated alkanes) is 1. The van der Waals surface area contributed by atoms with Gasteiger partial charge >= 0.3 is 0 Å². The molecule has 2 amide bonds. The monoisotopic (exact) mass is 446 g/mol. The Labute approximate surface area is 189 Å². The van der Waals surface area contributed by atoms with Gasteiger partial charge in [-0.1, -0.05) is 27.2 Å². The lowest BCUT2D eigenvalue weighted by Crippen LogP contribution is -2.42. The Hall–Kier alpha value is -2.45. The summed E-state index contributed by atoms with van der Waals surface area (Å²) in [5, 5.41) is 5.22. The molecule has 0 aliphatic heterocycles. The number of ether oxygens (including phenoxy) is 1. The summed E-state index contributed by atoms with van der Waals surface area (Å²) in [6, 6.07) is 7.14. The standard InChI is InChI=1S/C23H34N4O3S/c1-5-8-15-30-20-11-9-19(10-12-20)22(29)27(14-13-26(6-2)7-3)16-21(28)25-23-24-18(4)17-31-23/h9-12,17H,5-8,13-16H2,1-4H3,(H,24,25,28). The summed E-state index contributed by atoms with van der Waals surface area (Å²) < 4.78 is 5.68. The Morgan fingerprint density at radius 1 is 1.10 bits per heavy atom. The van der Waals surface area contributed by atoms with E-state index in [-0.39, 0.29) is 18.4 Å². The van der Waals surface area contributed by atoms with Crippen LogP contribution in [0, 0.1) is 6.92 Å². The lowest BCUT2D eigenvalue weighted by Gasteiger charge is -2.26. The normalized spacial score (nSPS) is 10.9. The van der Waals surface area contributed by atoms with Crippen molar-refractivity contribution in [3.63, 3.8) is 0 Å². The molecular formula is C23H34N4O3S. The van der Waals surface area contributed by atoms with Gasteiger partial charge in [0.05, 0.1) is 12.3 Å². The summed E-state index contributed by atoms with van der Waals surface area (Å²) >= 11 is 1.38. The second kappa shape index (κ2) is 13.1. The van der Waals surface area contributed by atoms with E-state index < -0.39 is 0 Å². The lowest BCUT2D eigenvalue weighted by molar-refractivity contribution is -0.116. The van der Waals surface area contributed by atoms with Crippen molar-refractivity contribution >= 4 is 28.3 Å². The van der Waals surface area contributed by atoms with Crippen LogP contribution in [0.5, 0.6) is 5.75 Å². The molecule has 0 radical (unpaired) electrons. The van der Waals surface area contributed by atoms with Gasteiger partial charge in [0.2, 0.25) is 5.91 Å². The number of anilines is 1. The highest BCUT2D eigenvalue weighted by molar-refractivity contribution is 7.13. The average molecular weight is 447 g/mol. The molecule has 31 heavy (non-hydrogen) atoms. The smallest absolute Gasteiger partial charge is 0.254 e. The SMILES string of the molecule is CCCCOc1ccc(C(=O)N(CCN(CC)CC)CC(=O)Nc2nc(C)cs2)cc1. The molecule has 0 atom stereocenters. The highest BCUT2D eigenvalue weighted by Crippen LogP contribution is 2.16. The Bertz CT molecular complexity index is 818. The molecule has 0 fully saturated rings. The van der Waals surface area contributed by atoms with Crippen LogP contribution in [0.2, 0.25) is 0 Å². The molecule has 1 heterocycles. The van der Waals surface area contributed by atoms with Crippen molar-refractivity contribution in [2.24, 2.45) is 0 Å². The van der Waals surface area contributed by atoms with Gasteiger partial charge in [-0.3, -0.25) is 9.59 Å². The minimum absolute atomic E-state index is 0.0204. The molecule has 1 aromatic heterocycles. The second-order valence-electron chi connectivity index (χ2n) is 7.32. The van der Waals surface area contributed by atoms with Gasteiger partial charge in [-0.15, -0.1) is 11.3 Å². The fourth-order valence-corrected chi connectivity index (χ4v) is 3.71. The Balaban J connectivity index is 2.06.